The summed E-state index contributed by atoms with van der Waals surface area (Å²) in [6, 6.07) is 5.26. The monoisotopic (exact) mass is 261 g/mol. The molecule has 0 aliphatic carbocycles. The maximum absolute atomic E-state index is 10.4. The predicted octanol–water partition coefficient (Wildman–Crippen LogP) is 3.29. The van der Waals surface area contributed by atoms with Gasteiger partial charge < -0.3 is 10.0 Å². The molecule has 0 bridgehead atoms. The van der Waals surface area contributed by atoms with Gasteiger partial charge in [-0.15, -0.1) is 0 Å². The Labute approximate surface area is 105 Å². The minimum Gasteiger partial charge on any atom is -0.481 e. The van der Waals surface area contributed by atoms with Gasteiger partial charge in [-0.3, -0.25) is 4.79 Å². The van der Waals surface area contributed by atoms with Gasteiger partial charge in [-0.05, 0) is 24.6 Å². The normalized spacial score (nSPS) is 10.2. The standard InChI is InChI=1S/C11H13Cl2NO2/c1-14(4-2-3-11(15)16)10-6-8(12)5-9(13)7-10/h5-7H,2-4H2,1H3,(H,15,16). The van der Waals surface area contributed by atoms with Crippen LogP contribution < -0.4 is 4.90 Å². The second-order valence-corrected chi connectivity index (χ2v) is 4.42. The molecule has 3 nitrogen and oxygen atoms in total. The summed E-state index contributed by atoms with van der Waals surface area (Å²) in [5, 5.41) is 9.68. The lowest BCUT2D eigenvalue weighted by Crippen LogP contribution is -2.19. The molecular formula is C11H13Cl2NO2. The minimum absolute atomic E-state index is 0.165. The zero-order valence-electron chi connectivity index (χ0n) is 8.91. The van der Waals surface area contributed by atoms with E-state index in [0.29, 0.717) is 23.0 Å². The molecule has 0 heterocycles. The molecule has 0 radical (unpaired) electrons. The van der Waals surface area contributed by atoms with Crippen LogP contribution in [0.5, 0.6) is 0 Å². The van der Waals surface area contributed by atoms with Crippen LogP contribution in [0.25, 0.3) is 0 Å². The highest BCUT2D eigenvalue weighted by Gasteiger charge is 2.05. The summed E-state index contributed by atoms with van der Waals surface area (Å²) in [5.74, 6) is -0.780. The Hall–Kier alpha value is -0.930. The molecule has 0 atom stereocenters. The van der Waals surface area contributed by atoms with Gasteiger partial charge >= 0.3 is 5.97 Å². The number of hydrogen-bond donors (Lipinski definition) is 1. The number of hydrogen-bond acceptors (Lipinski definition) is 2. The molecule has 0 spiro atoms. The molecular weight excluding hydrogens is 249 g/mol. The van der Waals surface area contributed by atoms with Crippen molar-refractivity contribution in [2.45, 2.75) is 12.8 Å². The van der Waals surface area contributed by atoms with Crippen LogP contribution in [0, 0.1) is 0 Å². The first kappa shape index (κ1) is 13.1. The summed E-state index contributed by atoms with van der Waals surface area (Å²) in [6.45, 7) is 0.656. The average molecular weight is 262 g/mol. The second-order valence-electron chi connectivity index (χ2n) is 3.55. The summed E-state index contributed by atoms with van der Waals surface area (Å²) in [6.07, 6.45) is 0.759. The van der Waals surface area contributed by atoms with Crippen molar-refractivity contribution in [3.05, 3.63) is 28.2 Å². The lowest BCUT2D eigenvalue weighted by Gasteiger charge is -2.19. The lowest BCUT2D eigenvalue weighted by atomic mass is 10.2. The van der Waals surface area contributed by atoms with E-state index in [4.69, 9.17) is 28.3 Å². The van der Waals surface area contributed by atoms with Crippen molar-refractivity contribution < 1.29 is 9.90 Å². The fraction of sp³-hybridized carbons (Fsp3) is 0.364. The van der Waals surface area contributed by atoms with E-state index < -0.39 is 5.97 Å². The fourth-order valence-corrected chi connectivity index (χ4v) is 1.87. The number of carboxylic acids is 1. The number of halogens is 2. The van der Waals surface area contributed by atoms with Crippen molar-refractivity contribution in [3.63, 3.8) is 0 Å². The van der Waals surface area contributed by atoms with Crippen LogP contribution in [0.1, 0.15) is 12.8 Å². The Kier molecular flexibility index (Phi) is 4.90. The van der Waals surface area contributed by atoms with Gasteiger partial charge in [0.25, 0.3) is 0 Å². The molecule has 1 aromatic carbocycles. The number of carboxylic acid groups (broad SMARTS) is 1. The molecule has 88 valence electrons. The number of rotatable bonds is 5. The van der Waals surface area contributed by atoms with Gasteiger partial charge in [0.2, 0.25) is 0 Å². The molecule has 0 saturated heterocycles. The molecule has 1 N–H and O–H groups in total. The van der Waals surface area contributed by atoms with E-state index in [2.05, 4.69) is 0 Å². The molecule has 0 fully saturated rings. The first-order valence-electron chi connectivity index (χ1n) is 4.88. The molecule has 0 aliphatic heterocycles. The van der Waals surface area contributed by atoms with Gasteiger partial charge in [-0.25, -0.2) is 0 Å². The van der Waals surface area contributed by atoms with Crippen molar-refractivity contribution in [2.75, 3.05) is 18.5 Å². The van der Waals surface area contributed by atoms with Crippen LogP contribution in [0.3, 0.4) is 0 Å². The van der Waals surface area contributed by atoms with E-state index in [0.717, 1.165) is 5.69 Å². The zero-order valence-corrected chi connectivity index (χ0v) is 10.4. The topological polar surface area (TPSA) is 40.5 Å². The highest BCUT2D eigenvalue weighted by atomic mass is 35.5. The molecule has 1 rings (SSSR count). The SMILES string of the molecule is CN(CCCC(=O)O)c1cc(Cl)cc(Cl)c1. The third-order valence-electron chi connectivity index (χ3n) is 2.17. The number of carbonyl (C=O) groups is 1. The van der Waals surface area contributed by atoms with Crippen molar-refractivity contribution in [3.8, 4) is 0 Å². The molecule has 0 saturated carbocycles. The average Bonchev–Trinajstić information content (AvgIpc) is 2.15. The van der Waals surface area contributed by atoms with Crippen molar-refractivity contribution in [1.29, 1.82) is 0 Å². The summed E-state index contributed by atoms with van der Waals surface area (Å²) in [5.41, 5.74) is 0.892. The highest BCUT2D eigenvalue weighted by molar-refractivity contribution is 6.35. The highest BCUT2D eigenvalue weighted by Crippen LogP contribution is 2.24. The van der Waals surface area contributed by atoms with Gasteiger partial charge in [0, 0.05) is 35.7 Å². The number of nitrogens with zero attached hydrogens (tertiary/aromatic N) is 1. The molecule has 16 heavy (non-hydrogen) atoms. The molecule has 0 aliphatic rings. The van der Waals surface area contributed by atoms with Crippen molar-refractivity contribution in [1.82, 2.24) is 0 Å². The Morgan fingerprint density at radius 3 is 2.38 bits per heavy atom. The van der Waals surface area contributed by atoms with Gasteiger partial charge in [0.05, 0.1) is 0 Å². The van der Waals surface area contributed by atoms with Crippen LogP contribution in [0.4, 0.5) is 5.69 Å². The maximum Gasteiger partial charge on any atom is 0.303 e. The van der Waals surface area contributed by atoms with Crippen LogP contribution in [0.2, 0.25) is 10.0 Å². The molecule has 0 aromatic heterocycles. The zero-order chi connectivity index (χ0) is 12.1. The van der Waals surface area contributed by atoms with Crippen LogP contribution in [-0.2, 0) is 4.79 Å². The van der Waals surface area contributed by atoms with E-state index in [1.807, 2.05) is 11.9 Å². The molecule has 1 aromatic rings. The van der Waals surface area contributed by atoms with E-state index in [1.54, 1.807) is 18.2 Å². The Balaban J connectivity index is 2.58. The Morgan fingerprint density at radius 1 is 1.31 bits per heavy atom. The predicted molar refractivity (Wildman–Crippen MR) is 66.6 cm³/mol. The summed E-state index contributed by atoms with van der Waals surface area (Å²) in [4.78, 5) is 12.3. The van der Waals surface area contributed by atoms with Crippen LogP contribution in [0.15, 0.2) is 18.2 Å². The largest absolute Gasteiger partial charge is 0.481 e. The third-order valence-corrected chi connectivity index (χ3v) is 2.61. The van der Waals surface area contributed by atoms with Crippen LogP contribution in [-0.4, -0.2) is 24.7 Å². The summed E-state index contributed by atoms with van der Waals surface area (Å²) in [7, 11) is 1.88. The summed E-state index contributed by atoms with van der Waals surface area (Å²) >= 11 is 11.7. The smallest absolute Gasteiger partial charge is 0.303 e. The van der Waals surface area contributed by atoms with Crippen LogP contribution >= 0.6 is 23.2 Å². The molecule has 0 amide bonds. The number of aliphatic carboxylic acids is 1. The summed E-state index contributed by atoms with van der Waals surface area (Å²) < 4.78 is 0. The fourth-order valence-electron chi connectivity index (χ4n) is 1.36. The first-order valence-corrected chi connectivity index (χ1v) is 5.63. The van der Waals surface area contributed by atoms with E-state index in [9.17, 15) is 4.79 Å². The first-order chi connectivity index (χ1) is 7.49. The number of benzene rings is 1. The van der Waals surface area contributed by atoms with E-state index >= 15 is 0 Å². The lowest BCUT2D eigenvalue weighted by molar-refractivity contribution is -0.137. The van der Waals surface area contributed by atoms with E-state index in [1.165, 1.54) is 0 Å². The quantitative estimate of drug-likeness (QED) is 0.885. The van der Waals surface area contributed by atoms with Crippen molar-refractivity contribution >= 4 is 34.9 Å². The van der Waals surface area contributed by atoms with Gasteiger partial charge in [0.15, 0.2) is 0 Å². The van der Waals surface area contributed by atoms with Crippen molar-refractivity contribution in [2.24, 2.45) is 0 Å². The Morgan fingerprint density at radius 2 is 1.88 bits per heavy atom. The van der Waals surface area contributed by atoms with E-state index in [-0.39, 0.29) is 6.42 Å². The maximum atomic E-state index is 10.4. The molecule has 0 unspecified atom stereocenters. The van der Waals surface area contributed by atoms with Gasteiger partial charge in [-0.2, -0.15) is 0 Å². The van der Waals surface area contributed by atoms with Gasteiger partial charge in [-0.1, -0.05) is 23.2 Å². The third kappa shape index (κ3) is 4.29. The second kappa shape index (κ2) is 5.97. The number of anilines is 1. The van der Waals surface area contributed by atoms with Gasteiger partial charge in [0.1, 0.15) is 0 Å². The Bertz CT molecular complexity index is 362. The molecule has 5 heteroatoms. The minimum atomic E-state index is -0.780.